The Morgan fingerprint density at radius 2 is 2.00 bits per heavy atom. The molecule has 1 N–H and O–H groups in total. The van der Waals surface area contributed by atoms with Crippen LogP contribution < -0.4 is 0 Å². The van der Waals surface area contributed by atoms with E-state index in [4.69, 9.17) is 7.85 Å². The molecule has 0 heterocycles. The van der Waals surface area contributed by atoms with E-state index in [9.17, 15) is 14.3 Å². The normalized spacial score (nSPS) is 30.9. The molecular formula is C18H22BFO2. The summed E-state index contributed by atoms with van der Waals surface area (Å²) in [5.74, 6) is 1.57. The molecule has 2 nitrogen and oxygen atoms in total. The van der Waals surface area contributed by atoms with Gasteiger partial charge < -0.3 is 5.11 Å². The summed E-state index contributed by atoms with van der Waals surface area (Å²) in [5, 5.41) is 9.97. The molecule has 4 heteroatoms. The highest BCUT2D eigenvalue weighted by Crippen LogP contribution is 2.58. The van der Waals surface area contributed by atoms with Crippen molar-refractivity contribution in [3.63, 3.8) is 0 Å². The van der Waals surface area contributed by atoms with Gasteiger partial charge in [0, 0.05) is 6.42 Å². The summed E-state index contributed by atoms with van der Waals surface area (Å²) in [5.41, 5.74) is 0.326. The number of rotatable bonds is 5. The number of halogens is 1. The molecule has 0 aliphatic heterocycles. The van der Waals surface area contributed by atoms with Crippen LogP contribution in [0.1, 0.15) is 49.0 Å². The van der Waals surface area contributed by atoms with Crippen LogP contribution in [-0.2, 0) is 6.32 Å². The summed E-state index contributed by atoms with van der Waals surface area (Å²) >= 11 is 0. The molecule has 116 valence electrons. The van der Waals surface area contributed by atoms with Crippen molar-refractivity contribution in [3.05, 3.63) is 29.1 Å². The van der Waals surface area contributed by atoms with E-state index in [-0.39, 0.29) is 23.4 Å². The third-order valence-electron chi connectivity index (χ3n) is 5.84. The smallest absolute Gasteiger partial charge is 0.169 e. The fourth-order valence-electron chi connectivity index (χ4n) is 4.27. The van der Waals surface area contributed by atoms with Crippen LogP contribution >= 0.6 is 0 Å². The number of ketones is 1. The Hall–Kier alpha value is -1.32. The van der Waals surface area contributed by atoms with Gasteiger partial charge in [-0.15, -0.1) is 0 Å². The molecule has 2 saturated carbocycles. The average molecular weight is 300 g/mol. The summed E-state index contributed by atoms with van der Waals surface area (Å²) in [6.45, 7) is 4.43. The van der Waals surface area contributed by atoms with Crippen LogP contribution in [0.3, 0.4) is 0 Å². The predicted molar refractivity (Wildman–Crippen MR) is 84.5 cm³/mol. The number of aromatic hydroxyl groups is 1. The van der Waals surface area contributed by atoms with Crippen molar-refractivity contribution in [1.82, 2.24) is 0 Å². The lowest BCUT2D eigenvalue weighted by Crippen LogP contribution is -2.46. The van der Waals surface area contributed by atoms with Gasteiger partial charge >= 0.3 is 0 Å². The van der Waals surface area contributed by atoms with E-state index in [1.807, 2.05) is 0 Å². The van der Waals surface area contributed by atoms with Crippen molar-refractivity contribution < 1.29 is 14.3 Å². The Morgan fingerprint density at radius 3 is 2.55 bits per heavy atom. The molecule has 1 aromatic carbocycles. The van der Waals surface area contributed by atoms with Gasteiger partial charge in [-0.05, 0) is 60.1 Å². The van der Waals surface area contributed by atoms with E-state index < -0.39 is 5.82 Å². The Morgan fingerprint density at radius 1 is 1.32 bits per heavy atom. The van der Waals surface area contributed by atoms with Gasteiger partial charge in [-0.1, -0.05) is 20.2 Å². The summed E-state index contributed by atoms with van der Waals surface area (Å²) in [4.78, 5) is 12.5. The molecule has 4 atom stereocenters. The van der Waals surface area contributed by atoms with E-state index in [1.54, 1.807) is 0 Å². The number of Topliss-reactive ketones (excluding diaryl/α,β-unsaturated/α-hetero) is 1. The lowest BCUT2D eigenvalue weighted by molar-refractivity contribution is -0.0155. The van der Waals surface area contributed by atoms with E-state index >= 15 is 0 Å². The van der Waals surface area contributed by atoms with Crippen LogP contribution in [0.4, 0.5) is 4.39 Å². The molecule has 2 aliphatic rings. The van der Waals surface area contributed by atoms with Gasteiger partial charge in [0.05, 0.1) is 13.4 Å². The number of hydrogen-bond donors (Lipinski definition) is 1. The highest BCUT2D eigenvalue weighted by Gasteiger charge is 2.52. The van der Waals surface area contributed by atoms with Gasteiger partial charge in [0.15, 0.2) is 5.78 Å². The zero-order valence-corrected chi connectivity index (χ0v) is 13.2. The standard InChI is InChI=1S/C18H22BFO2/c1-9-10(2)17(12-3-4-12)13(9)7-16(22)18-14(20)5-11(8-19)6-15(18)21/h5-6,9-10,12-13,17,21H,3-4,7-8H2,1-2H3/t9?,10?,13-,17?/m0/s1. The first-order valence-corrected chi connectivity index (χ1v) is 8.18. The van der Waals surface area contributed by atoms with Gasteiger partial charge in [0.1, 0.15) is 11.6 Å². The van der Waals surface area contributed by atoms with Crippen LogP contribution in [0, 0.1) is 35.4 Å². The lowest BCUT2D eigenvalue weighted by atomic mass is 9.55. The minimum atomic E-state index is -0.659. The van der Waals surface area contributed by atoms with Crippen LogP contribution in [0.25, 0.3) is 0 Å². The summed E-state index contributed by atoms with van der Waals surface area (Å²) in [7, 11) is 5.45. The minimum Gasteiger partial charge on any atom is -0.507 e. The van der Waals surface area contributed by atoms with Gasteiger partial charge in [0.25, 0.3) is 0 Å². The fraction of sp³-hybridized carbons (Fsp3) is 0.611. The van der Waals surface area contributed by atoms with Crippen molar-refractivity contribution in [2.24, 2.45) is 29.6 Å². The maximum absolute atomic E-state index is 14.1. The third-order valence-corrected chi connectivity index (χ3v) is 5.84. The lowest BCUT2D eigenvalue weighted by Gasteiger charge is -2.50. The van der Waals surface area contributed by atoms with E-state index in [2.05, 4.69) is 13.8 Å². The Kier molecular flexibility index (Phi) is 4.04. The van der Waals surface area contributed by atoms with Gasteiger partial charge in [0.2, 0.25) is 0 Å². The molecule has 1 aromatic rings. The molecule has 0 aromatic heterocycles. The number of phenols is 1. The molecule has 0 spiro atoms. The monoisotopic (exact) mass is 300 g/mol. The first-order valence-electron chi connectivity index (χ1n) is 8.18. The predicted octanol–water partition coefficient (Wildman–Crippen LogP) is 3.70. The number of phenolic OH excluding ortho intramolecular Hbond substituents is 1. The first kappa shape index (κ1) is 15.6. The largest absolute Gasteiger partial charge is 0.507 e. The Labute approximate surface area is 132 Å². The van der Waals surface area contributed by atoms with Crippen molar-refractivity contribution >= 4 is 13.6 Å². The summed E-state index contributed by atoms with van der Waals surface area (Å²) in [6.07, 6.45) is 2.99. The van der Waals surface area contributed by atoms with Crippen LogP contribution in [0.15, 0.2) is 12.1 Å². The number of hydrogen-bond acceptors (Lipinski definition) is 2. The van der Waals surface area contributed by atoms with Crippen molar-refractivity contribution in [3.8, 4) is 5.75 Å². The second kappa shape index (κ2) is 5.71. The summed E-state index contributed by atoms with van der Waals surface area (Å²) in [6, 6.07) is 2.64. The highest BCUT2D eigenvalue weighted by atomic mass is 19.1. The number of benzene rings is 1. The zero-order chi connectivity index (χ0) is 16.0. The van der Waals surface area contributed by atoms with Crippen LogP contribution in [0.5, 0.6) is 5.75 Å². The molecular weight excluding hydrogens is 278 g/mol. The highest BCUT2D eigenvalue weighted by molar-refractivity contribution is 6.08. The van der Waals surface area contributed by atoms with E-state index in [1.165, 1.54) is 25.0 Å². The van der Waals surface area contributed by atoms with Crippen molar-refractivity contribution in [2.75, 3.05) is 0 Å². The number of carbonyl (C=O) groups excluding carboxylic acids is 1. The van der Waals surface area contributed by atoms with Crippen LogP contribution in [0.2, 0.25) is 0 Å². The number of carbonyl (C=O) groups is 1. The summed E-state index contributed by atoms with van der Waals surface area (Å²) < 4.78 is 14.1. The van der Waals surface area contributed by atoms with Crippen LogP contribution in [-0.4, -0.2) is 18.7 Å². The molecule has 0 amide bonds. The maximum atomic E-state index is 14.1. The second-order valence-corrected chi connectivity index (χ2v) is 7.10. The zero-order valence-electron chi connectivity index (χ0n) is 13.2. The Balaban J connectivity index is 1.77. The van der Waals surface area contributed by atoms with E-state index in [0.717, 1.165) is 5.92 Å². The van der Waals surface area contributed by atoms with Crippen molar-refractivity contribution in [1.29, 1.82) is 0 Å². The molecule has 22 heavy (non-hydrogen) atoms. The molecule has 3 unspecified atom stereocenters. The van der Waals surface area contributed by atoms with Gasteiger partial charge in [-0.25, -0.2) is 4.39 Å². The molecule has 0 bridgehead atoms. The molecule has 3 rings (SSSR count). The molecule has 2 radical (unpaired) electrons. The molecule has 2 aliphatic carbocycles. The van der Waals surface area contributed by atoms with Gasteiger partial charge in [-0.2, -0.15) is 0 Å². The molecule has 2 fully saturated rings. The maximum Gasteiger partial charge on any atom is 0.169 e. The SMILES string of the molecule is [B]Cc1cc(O)c(C(=O)C[C@H]2C(C)C(C)C2C2CC2)c(F)c1. The quantitative estimate of drug-likeness (QED) is 0.665. The van der Waals surface area contributed by atoms with Gasteiger partial charge in [-0.3, -0.25) is 4.79 Å². The third kappa shape index (κ3) is 2.57. The fourth-order valence-corrected chi connectivity index (χ4v) is 4.27. The molecule has 0 saturated heterocycles. The second-order valence-electron chi connectivity index (χ2n) is 7.10. The average Bonchev–Trinajstić information content (AvgIpc) is 3.29. The minimum absolute atomic E-state index is 0.139. The topological polar surface area (TPSA) is 37.3 Å². The van der Waals surface area contributed by atoms with E-state index in [0.29, 0.717) is 35.7 Å². The first-order chi connectivity index (χ1) is 10.4. The Bertz CT molecular complexity index is 574. The van der Waals surface area contributed by atoms with Crippen molar-refractivity contribution in [2.45, 2.75) is 39.4 Å².